The molecule has 102 valence electrons. The van der Waals surface area contributed by atoms with Gasteiger partial charge in [-0.3, -0.25) is 4.79 Å². The van der Waals surface area contributed by atoms with Gasteiger partial charge in [0.15, 0.2) is 0 Å². The second-order valence-corrected chi connectivity index (χ2v) is 4.32. The molecular weight excluding hydrogens is 250 g/mol. The van der Waals surface area contributed by atoms with Crippen LogP contribution in [-0.2, 0) is 4.79 Å². The zero-order chi connectivity index (χ0) is 14.2. The highest BCUT2D eigenvalue weighted by Gasteiger charge is 2.00. The number of amides is 1. The molecule has 0 saturated carbocycles. The van der Waals surface area contributed by atoms with Gasteiger partial charge in [0.1, 0.15) is 0 Å². The van der Waals surface area contributed by atoms with E-state index in [0.717, 1.165) is 17.0 Å². The van der Waals surface area contributed by atoms with Crippen molar-refractivity contribution in [3.05, 3.63) is 66.2 Å². The number of nitrogens with one attached hydrogen (secondary N) is 2. The van der Waals surface area contributed by atoms with Crippen molar-refractivity contribution in [1.82, 2.24) is 5.43 Å². The van der Waals surface area contributed by atoms with Gasteiger partial charge in [0.05, 0.1) is 12.3 Å². The van der Waals surface area contributed by atoms with Gasteiger partial charge >= 0.3 is 0 Å². The number of carbonyl (C=O) groups is 1. The van der Waals surface area contributed by atoms with Crippen LogP contribution in [0.2, 0.25) is 0 Å². The molecule has 4 heteroatoms. The Morgan fingerprint density at radius 1 is 1.00 bits per heavy atom. The lowest BCUT2D eigenvalue weighted by Gasteiger charge is -2.05. The maximum atomic E-state index is 11.7. The lowest BCUT2D eigenvalue weighted by molar-refractivity contribution is -0.119. The number of hydrazone groups is 1. The molecule has 20 heavy (non-hydrogen) atoms. The average Bonchev–Trinajstić information content (AvgIpc) is 2.52. The zero-order valence-electron chi connectivity index (χ0n) is 11.3. The minimum Gasteiger partial charge on any atom is -0.376 e. The summed E-state index contributed by atoms with van der Waals surface area (Å²) >= 11 is 0. The Kier molecular flexibility index (Phi) is 4.89. The Morgan fingerprint density at radius 2 is 1.60 bits per heavy atom. The maximum Gasteiger partial charge on any atom is 0.259 e. The minimum atomic E-state index is -0.177. The summed E-state index contributed by atoms with van der Waals surface area (Å²) in [4.78, 5) is 11.7. The summed E-state index contributed by atoms with van der Waals surface area (Å²) in [5, 5.41) is 7.11. The van der Waals surface area contributed by atoms with Crippen LogP contribution < -0.4 is 10.7 Å². The Labute approximate surface area is 118 Å². The van der Waals surface area contributed by atoms with E-state index in [1.54, 1.807) is 0 Å². The number of anilines is 1. The van der Waals surface area contributed by atoms with Crippen LogP contribution in [0.3, 0.4) is 0 Å². The molecule has 2 aromatic rings. The fourth-order valence-electron chi connectivity index (χ4n) is 1.67. The van der Waals surface area contributed by atoms with Crippen molar-refractivity contribution in [3.63, 3.8) is 0 Å². The molecule has 0 aromatic heterocycles. The van der Waals surface area contributed by atoms with Crippen LogP contribution in [-0.4, -0.2) is 18.2 Å². The summed E-state index contributed by atoms with van der Waals surface area (Å²) in [6.07, 6.45) is 0. The summed E-state index contributed by atoms with van der Waals surface area (Å²) < 4.78 is 0. The molecule has 0 aliphatic heterocycles. The summed E-state index contributed by atoms with van der Waals surface area (Å²) in [6, 6.07) is 19.3. The SMILES string of the molecule is C/C(=N/NC(=O)CNc1ccccc1)c1ccccc1. The molecule has 0 atom stereocenters. The predicted octanol–water partition coefficient (Wildman–Crippen LogP) is 2.64. The van der Waals surface area contributed by atoms with E-state index in [2.05, 4.69) is 15.8 Å². The first-order valence-electron chi connectivity index (χ1n) is 6.43. The normalized spacial score (nSPS) is 10.9. The number of rotatable bonds is 5. The molecule has 0 heterocycles. The Hall–Kier alpha value is -2.62. The lowest BCUT2D eigenvalue weighted by Crippen LogP contribution is -2.26. The predicted molar refractivity (Wildman–Crippen MR) is 81.7 cm³/mol. The Bertz CT molecular complexity index is 579. The van der Waals surface area contributed by atoms with Crippen LogP contribution in [0, 0.1) is 0 Å². The number of hydrogen-bond donors (Lipinski definition) is 2. The molecular formula is C16H17N3O. The monoisotopic (exact) mass is 267 g/mol. The summed E-state index contributed by atoms with van der Waals surface area (Å²) in [5.41, 5.74) is 5.21. The van der Waals surface area contributed by atoms with E-state index in [4.69, 9.17) is 0 Å². The van der Waals surface area contributed by atoms with Gasteiger partial charge in [-0.05, 0) is 24.6 Å². The number of hydrogen-bond acceptors (Lipinski definition) is 3. The molecule has 0 bridgehead atoms. The van der Waals surface area contributed by atoms with E-state index in [1.807, 2.05) is 67.6 Å². The number of benzene rings is 2. The third kappa shape index (κ3) is 4.24. The highest BCUT2D eigenvalue weighted by molar-refractivity contribution is 5.99. The molecule has 0 unspecified atom stereocenters. The van der Waals surface area contributed by atoms with E-state index in [-0.39, 0.29) is 12.5 Å². The molecule has 1 amide bonds. The van der Waals surface area contributed by atoms with Crippen LogP contribution >= 0.6 is 0 Å². The van der Waals surface area contributed by atoms with Crippen LogP contribution in [0.1, 0.15) is 12.5 Å². The average molecular weight is 267 g/mol. The smallest absolute Gasteiger partial charge is 0.259 e. The molecule has 2 rings (SSSR count). The summed E-state index contributed by atoms with van der Waals surface area (Å²) in [6.45, 7) is 2.05. The van der Waals surface area contributed by atoms with Crippen LogP contribution in [0.4, 0.5) is 5.69 Å². The molecule has 0 spiro atoms. The third-order valence-corrected chi connectivity index (χ3v) is 2.77. The first-order chi connectivity index (χ1) is 9.75. The van der Waals surface area contributed by atoms with E-state index >= 15 is 0 Å². The molecule has 2 N–H and O–H groups in total. The van der Waals surface area contributed by atoms with Crippen molar-refractivity contribution < 1.29 is 4.79 Å². The molecule has 2 aromatic carbocycles. The zero-order valence-corrected chi connectivity index (χ0v) is 11.3. The fraction of sp³-hybridized carbons (Fsp3) is 0.125. The van der Waals surface area contributed by atoms with E-state index in [0.29, 0.717) is 0 Å². The van der Waals surface area contributed by atoms with E-state index in [1.165, 1.54) is 0 Å². The Balaban J connectivity index is 1.83. The second-order valence-electron chi connectivity index (χ2n) is 4.32. The summed E-state index contributed by atoms with van der Waals surface area (Å²) in [5.74, 6) is -0.177. The number of carbonyl (C=O) groups excluding carboxylic acids is 1. The quantitative estimate of drug-likeness (QED) is 0.646. The van der Waals surface area contributed by atoms with Gasteiger partial charge in [-0.2, -0.15) is 5.10 Å². The van der Waals surface area contributed by atoms with Crippen molar-refractivity contribution in [2.45, 2.75) is 6.92 Å². The molecule has 4 nitrogen and oxygen atoms in total. The van der Waals surface area contributed by atoms with Gasteiger partial charge in [0.2, 0.25) is 0 Å². The topological polar surface area (TPSA) is 53.5 Å². The lowest BCUT2D eigenvalue weighted by atomic mass is 10.1. The number of nitrogens with zero attached hydrogens (tertiary/aromatic N) is 1. The van der Waals surface area contributed by atoms with Gasteiger partial charge in [0.25, 0.3) is 5.91 Å². The van der Waals surface area contributed by atoms with Crippen molar-refractivity contribution in [2.75, 3.05) is 11.9 Å². The largest absolute Gasteiger partial charge is 0.376 e. The molecule has 0 aliphatic carbocycles. The number of para-hydroxylation sites is 1. The van der Waals surface area contributed by atoms with Crippen molar-refractivity contribution in [1.29, 1.82) is 0 Å². The Morgan fingerprint density at radius 3 is 2.25 bits per heavy atom. The van der Waals surface area contributed by atoms with Gasteiger partial charge in [-0.15, -0.1) is 0 Å². The fourth-order valence-corrected chi connectivity index (χ4v) is 1.67. The van der Waals surface area contributed by atoms with Crippen molar-refractivity contribution in [3.8, 4) is 0 Å². The van der Waals surface area contributed by atoms with Crippen LogP contribution in [0.5, 0.6) is 0 Å². The van der Waals surface area contributed by atoms with Gasteiger partial charge in [0, 0.05) is 5.69 Å². The standard InChI is InChI=1S/C16H17N3O/c1-13(14-8-4-2-5-9-14)18-19-16(20)12-17-15-10-6-3-7-11-15/h2-11,17H,12H2,1H3,(H,19,20)/b18-13-. The van der Waals surface area contributed by atoms with Crippen molar-refractivity contribution in [2.24, 2.45) is 5.10 Å². The summed E-state index contributed by atoms with van der Waals surface area (Å²) in [7, 11) is 0. The van der Waals surface area contributed by atoms with E-state index < -0.39 is 0 Å². The first-order valence-corrected chi connectivity index (χ1v) is 6.43. The third-order valence-electron chi connectivity index (χ3n) is 2.77. The van der Waals surface area contributed by atoms with Crippen LogP contribution in [0.25, 0.3) is 0 Å². The van der Waals surface area contributed by atoms with Crippen LogP contribution in [0.15, 0.2) is 65.8 Å². The molecule has 0 aliphatic rings. The molecule has 0 fully saturated rings. The van der Waals surface area contributed by atoms with Gasteiger partial charge in [-0.1, -0.05) is 48.5 Å². The highest BCUT2D eigenvalue weighted by Crippen LogP contribution is 2.03. The first kappa shape index (κ1) is 13.8. The van der Waals surface area contributed by atoms with Gasteiger partial charge < -0.3 is 5.32 Å². The minimum absolute atomic E-state index is 0.177. The molecule has 0 radical (unpaired) electrons. The van der Waals surface area contributed by atoms with Gasteiger partial charge in [-0.25, -0.2) is 5.43 Å². The van der Waals surface area contributed by atoms with Crippen molar-refractivity contribution >= 4 is 17.3 Å². The maximum absolute atomic E-state index is 11.7. The van der Waals surface area contributed by atoms with E-state index in [9.17, 15) is 4.79 Å². The molecule has 0 saturated heterocycles. The second kappa shape index (κ2) is 7.09. The highest BCUT2D eigenvalue weighted by atomic mass is 16.2.